The van der Waals surface area contributed by atoms with Gasteiger partial charge in [-0.1, -0.05) is 26.0 Å². The zero-order valence-electron chi connectivity index (χ0n) is 14.8. The van der Waals surface area contributed by atoms with Gasteiger partial charge in [-0.2, -0.15) is 0 Å². The van der Waals surface area contributed by atoms with Crippen LogP contribution in [-0.4, -0.2) is 31.0 Å². The first-order chi connectivity index (χ1) is 12.2. The number of hydrogen-bond donors (Lipinski definition) is 0. The lowest BCUT2D eigenvalue weighted by atomic mass is 10.0. The molecular weight excluding hydrogens is 310 g/mol. The van der Waals surface area contributed by atoms with Crippen LogP contribution in [0.3, 0.4) is 0 Å². The summed E-state index contributed by atoms with van der Waals surface area (Å²) in [5, 5.41) is 0. The van der Waals surface area contributed by atoms with Crippen molar-refractivity contribution in [2.24, 2.45) is 0 Å². The number of imidazole rings is 1. The van der Waals surface area contributed by atoms with Gasteiger partial charge in [0.15, 0.2) is 0 Å². The van der Waals surface area contributed by atoms with Crippen LogP contribution in [0.5, 0.6) is 0 Å². The Kier molecular flexibility index (Phi) is 4.32. The fourth-order valence-electron chi connectivity index (χ4n) is 3.23. The average Bonchev–Trinajstić information content (AvgIpc) is 3.16. The number of aromatic nitrogens is 4. The van der Waals surface area contributed by atoms with Crippen molar-refractivity contribution in [2.45, 2.75) is 39.3 Å². The number of benzene rings is 1. The van der Waals surface area contributed by atoms with Crippen LogP contribution in [0.2, 0.25) is 0 Å². The smallest absolute Gasteiger partial charge is 0.131 e. The van der Waals surface area contributed by atoms with Gasteiger partial charge in [-0.3, -0.25) is 4.90 Å². The molecule has 0 aliphatic carbocycles. The second kappa shape index (κ2) is 6.76. The Morgan fingerprint density at radius 1 is 1.16 bits per heavy atom. The largest absolute Gasteiger partial charge is 0.306 e. The summed E-state index contributed by atoms with van der Waals surface area (Å²) in [5.41, 5.74) is 4.96. The molecule has 0 N–H and O–H groups in total. The molecule has 0 amide bonds. The molecule has 4 rings (SSSR count). The molecule has 3 heterocycles. The van der Waals surface area contributed by atoms with Crippen molar-refractivity contribution in [1.29, 1.82) is 0 Å². The summed E-state index contributed by atoms with van der Waals surface area (Å²) in [5.74, 6) is 1.32. The predicted octanol–water partition coefficient (Wildman–Crippen LogP) is 3.34. The quantitative estimate of drug-likeness (QED) is 0.735. The minimum atomic E-state index is 0.372. The summed E-state index contributed by atoms with van der Waals surface area (Å²) in [6.45, 7) is 7.19. The van der Waals surface area contributed by atoms with E-state index in [0.717, 1.165) is 37.6 Å². The minimum Gasteiger partial charge on any atom is -0.306 e. The second-order valence-corrected chi connectivity index (χ2v) is 6.95. The van der Waals surface area contributed by atoms with Gasteiger partial charge in [0.1, 0.15) is 5.82 Å². The molecule has 1 aliphatic rings. The summed E-state index contributed by atoms with van der Waals surface area (Å²) < 4.78 is 2.02. The number of nitrogens with zero attached hydrogens (tertiary/aromatic N) is 5. The number of rotatable bonds is 4. The molecule has 0 fully saturated rings. The molecule has 0 unspecified atom stereocenters. The normalized spacial score (nSPS) is 14.7. The molecule has 2 aromatic heterocycles. The highest BCUT2D eigenvalue weighted by molar-refractivity contribution is 5.34. The Morgan fingerprint density at radius 2 is 2.00 bits per heavy atom. The van der Waals surface area contributed by atoms with Gasteiger partial charge in [0.2, 0.25) is 0 Å². The van der Waals surface area contributed by atoms with Gasteiger partial charge in [0, 0.05) is 49.8 Å². The molecule has 0 bridgehead atoms. The zero-order chi connectivity index (χ0) is 17.2. The average molecular weight is 333 g/mol. The lowest BCUT2D eigenvalue weighted by molar-refractivity contribution is 0.240. The first-order valence-electron chi connectivity index (χ1n) is 8.83. The van der Waals surface area contributed by atoms with Crippen LogP contribution in [0, 0.1) is 0 Å². The third-order valence-corrected chi connectivity index (χ3v) is 4.71. The van der Waals surface area contributed by atoms with Crippen molar-refractivity contribution in [3.05, 3.63) is 71.8 Å². The highest BCUT2D eigenvalue weighted by Gasteiger charge is 2.19. The third-order valence-electron chi connectivity index (χ3n) is 4.71. The van der Waals surface area contributed by atoms with Crippen molar-refractivity contribution in [2.75, 3.05) is 6.54 Å². The number of fused-ring (bicyclic) bond motifs is 1. The standard InChI is InChI=1S/C20H23N5/c1-15(2)20-22-11-17-7-9-24(13-19(17)23-20)12-16-3-5-18(6-4-16)25-10-8-21-14-25/h3-6,8,10-11,14-15H,7,9,12-13H2,1-2H3. The molecule has 0 saturated carbocycles. The minimum absolute atomic E-state index is 0.372. The fourth-order valence-corrected chi connectivity index (χ4v) is 3.23. The third kappa shape index (κ3) is 3.46. The van der Waals surface area contributed by atoms with Crippen LogP contribution in [0.25, 0.3) is 5.69 Å². The summed E-state index contributed by atoms with van der Waals surface area (Å²) >= 11 is 0. The van der Waals surface area contributed by atoms with Crippen molar-refractivity contribution in [1.82, 2.24) is 24.4 Å². The van der Waals surface area contributed by atoms with Crippen molar-refractivity contribution < 1.29 is 0 Å². The van der Waals surface area contributed by atoms with E-state index in [2.05, 4.69) is 53.0 Å². The predicted molar refractivity (Wildman–Crippen MR) is 97.5 cm³/mol. The monoisotopic (exact) mass is 333 g/mol. The van der Waals surface area contributed by atoms with Crippen LogP contribution < -0.4 is 0 Å². The van der Waals surface area contributed by atoms with Gasteiger partial charge in [0.25, 0.3) is 0 Å². The molecule has 25 heavy (non-hydrogen) atoms. The summed E-state index contributed by atoms with van der Waals surface area (Å²) in [6, 6.07) is 8.69. The van der Waals surface area contributed by atoms with E-state index in [9.17, 15) is 0 Å². The fraction of sp³-hybridized carbons (Fsp3) is 0.350. The van der Waals surface area contributed by atoms with E-state index >= 15 is 0 Å². The van der Waals surface area contributed by atoms with Crippen molar-refractivity contribution in [3.63, 3.8) is 0 Å². The Balaban J connectivity index is 1.46. The Labute approximate surface area is 148 Å². The first-order valence-corrected chi connectivity index (χ1v) is 8.83. The molecule has 5 nitrogen and oxygen atoms in total. The van der Waals surface area contributed by atoms with Gasteiger partial charge >= 0.3 is 0 Å². The maximum absolute atomic E-state index is 4.79. The number of hydrogen-bond acceptors (Lipinski definition) is 4. The molecule has 0 saturated heterocycles. The SMILES string of the molecule is CC(C)c1ncc2c(n1)CN(Cc1ccc(-n3ccnc3)cc1)CC2. The highest BCUT2D eigenvalue weighted by Crippen LogP contribution is 2.21. The van der Waals surface area contributed by atoms with E-state index in [-0.39, 0.29) is 0 Å². The lowest BCUT2D eigenvalue weighted by Crippen LogP contribution is -2.31. The molecular formula is C20H23N5. The molecule has 0 radical (unpaired) electrons. The van der Waals surface area contributed by atoms with Gasteiger partial charge < -0.3 is 4.57 Å². The molecule has 128 valence electrons. The maximum atomic E-state index is 4.79. The summed E-state index contributed by atoms with van der Waals surface area (Å²) in [4.78, 5) is 15.8. The van der Waals surface area contributed by atoms with E-state index in [4.69, 9.17) is 4.98 Å². The highest BCUT2D eigenvalue weighted by atomic mass is 15.1. The molecule has 3 aromatic rings. The Hall–Kier alpha value is -2.53. The van der Waals surface area contributed by atoms with E-state index in [1.54, 1.807) is 6.20 Å². The van der Waals surface area contributed by atoms with Crippen LogP contribution >= 0.6 is 0 Å². The Morgan fingerprint density at radius 3 is 2.72 bits per heavy atom. The van der Waals surface area contributed by atoms with E-state index < -0.39 is 0 Å². The molecule has 1 aromatic carbocycles. The van der Waals surface area contributed by atoms with Gasteiger partial charge in [0.05, 0.1) is 12.0 Å². The van der Waals surface area contributed by atoms with E-state index in [1.807, 2.05) is 23.3 Å². The van der Waals surface area contributed by atoms with Crippen LogP contribution in [0.4, 0.5) is 0 Å². The van der Waals surface area contributed by atoms with E-state index in [0.29, 0.717) is 5.92 Å². The maximum Gasteiger partial charge on any atom is 0.131 e. The molecule has 1 aliphatic heterocycles. The zero-order valence-corrected chi connectivity index (χ0v) is 14.8. The van der Waals surface area contributed by atoms with Crippen molar-refractivity contribution in [3.8, 4) is 5.69 Å². The van der Waals surface area contributed by atoms with Gasteiger partial charge in [-0.25, -0.2) is 15.0 Å². The molecule has 0 atom stereocenters. The summed E-state index contributed by atoms with van der Waals surface area (Å²) in [7, 11) is 0. The molecule has 5 heteroatoms. The second-order valence-electron chi connectivity index (χ2n) is 6.95. The van der Waals surface area contributed by atoms with Crippen LogP contribution in [0.1, 0.15) is 42.4 Å². The summed E-state index contributed by atoms with van der Waals surface area (Å²) in [6.07, 6.45) is 8.63. The van der Waals surface area contributed by atoms with Crippen molar-refractivity contribution >= 4 is 0 Å². The van der Waals surface area contributed by atoms with Crippen LogP contribution in [0.15, 0.2) is 49.2 Å². The first kappa shape index (κ1) is 16.0. The van der Waals surface area contributed by atoms with Crippen LogP contribution in [-0.2, 0) is 19.5 Å². The topological polar surface area (TPSA) is 46.8 Å². The molecule has 0 spiro atoms. The van der Waals surface area contributed by atoms with E-state index in [1.165, 1.54) is 16.8 Å². The Bertz CT molecular complexity index is 837. The van der Waals surface area contributed by atoms with Gasteiger partial charge in [-0.15, -0.1) is 0 Å². The lowest BCUT2D eigenvalue weighted by Gasteiger charge is -2.28. The van der Waals surface area contributed by atoms with Gasteiger partial charge in [-0.05, 0) is 29.7 Å².